The summed E-state index contributed by atoms with van der Waals surface area (Å²) in [6.07, 6.45) is 5.92. The van der Waals surface area contributed by atoms with Crippen molar-refractivity contribution in [3.05, 3.63) is 39.6 Å². The highest BCUT2D eigenvalue weighted by atomic mass is 32.2. The van der Waals surface area contributed by atoms with Gasteiger partial charge in [0.05, 0.1) is 0 Å². The second-order valence-corrected chi connectivity index (χ2v) is 7.11. The van der Waals surface area contributed by atoms with Crippen LogP contribution in [0.4, 0.5) is 0 Å². The number of thioether (sulfide) groups is 1. The molecule has 1 aliphatic heterocycles. The Morgan fingerprint density at radius 2 is 2.42 bits per heavy atom. The third kappa shape index (κ3) is 2.73. The van der Waals surface area contributed by atoms with Gasteiger partial charge in [0.15, 0.2) is 0 Å². The molecule has 1 unspecified atom stereocenters. The molecule has 102 valence electrons. The van der Waals surface area contributed by atoms with Gasteiger partial charge in [0.1, 0.15) is 5.82 Å². The van der Waals surface area contributed by atoms with E-state index in [0.29, 0.717) is 0 Å². The van der Waals surface area contributed by atoms with Crippen LogP contribution in [0.1, 0.15) is 34.1 Å². The molecule has 0 bridgehead atoms. The molecule has 0 fully saturated rings. The smallest absolute Gasteiger partial charge is 0.110 e. The average molecular weight is 293 g/mol. The highest BCUT2D eigenvalue weighted by Gasteiger charge is 2.18. The van der Waals surface area contributed by atoms with E-state index >= 15 is 0 Å². The van der Waals surface area contributed by atoms with E-state index < -0.39 is 0 Å². The fourth-order valence-corrected chi connectivity index (χ4v) is 4.85. The Hall–Kier alpha value is -0.780. The van der Waals surface area contributed by atoms with E-state index in [4.69, 9.17) is 5.73 Å². The lowest BCUT2D eigenvalue weighted by molar-refractivity contribution is 0.634. The molecule has 0 amide bonds. The van der Waals surface area contributed by atoms with Crippen LogP contribution in [0.25, 0.3) is 0 Å². The molecule has 2 aromatic rings. The summed E-state index contributed by atoms with van der Waals surface area (Å²) in [5.74, 6) is 3.50. The molecular formula is C14H19N3S2. The minimum Gasteiger partial charge on any atom is -0.335 e. The van der Waals surface area contributed by atoms with Gasteiger partial charge in [-0.25, -0.2) is 4.98 Å². The molecule has 2 aromatic heterocycles. The Bertz CT molecular complexity index is 535. The van der Waals surface area contributed by atoms with Crippen molar-refractivity contribution >= 4 is 23.1 Å². The van der Waals surface area contributed by atoms with Crippen molar-refractivity contribution in [3.63, 3.8) is 0 Å². The maximum absolute atomic E-state index is 6.37. The molecule has 0 saturated heterocycles. The zero-order valence-corrected chi connectivity index (χ0v) is 12.8. The lowest BCUT2D eigenvalue weighted by atomic mass is 10.1. The maximum Gasteiger partial charge on any atom is 0.110 e. The van der Waals surface area contributed by atoms with Crippen molar-refractivity contribution in [1.82, 2.24) is 9.55 Å². The summed E-state index contributed by atoms with van der Waals surface area (Å²) in [5, 5.41) is 0. The molecule has 3 heterocycles. The first-order valence-corrected chi connectivity index (χ1v) is 8.70. The van der Waals surface area contributed by atoms with Gasteiger partial charge in [-0.2, -0.15) is 11.8 Å². The third-order valence-electron chi connectivity index (χ3n) is 3.56. The van der Waals surface area contributed by atoms with E-state index in [1.54, 1.807) is 4.88 Å². The minimum absolute atomic E-state index is 0.0771. The molecule has 2 N–H and O–H groups in total. The van der Waals surface area contributed by atoms with Crippen molar-refractivity contribution in [3.8, 4) is 0 Å². The Balaban J connectivity index is 1.76. The summed E-state index contributed by atoms with van der Waals surface area (Å²) in [7, 11) is 0. The topological polar surface area (TPSA) is 43.8 Å². The fourth-order valence-electron chi connectivity index (χ4n) is 2.47. The molecule has 1 atom stereocenters. The van der Waals surface area contributed by atoms with Gasteiger partial charge in [0.2, 0.25) is 0 Å². The molecule has 0 aliphatic carbocycles. The highest BCUT2D eigenvalue weighted by molar-refractivity contribution is 7.98. The number of nitrogens with two attached hydrogens (primary N) is 1. The number of aromatic nitrogens is 2. The monoisotopic (exact) mass is 293 g/mol. The summed E-state index contributed by atoms with van der Waals surface area (Å²) in [6.45, 7) is 3.09. The van der Waals surface area contributed by atoms with Gasteiger partial charge in [-0.3, -0.25) is 0 Å². The van der Waals surface area contributed by atoms with Crippen molar-refractivity contribution in [2.45, 2.75) is 38.1 Å². The largest absolute Gasteiger partial charge is 0.335 e. The lowest BCUT2D eigenvalue weighted by Crippen LogP contribution is -2.15. The van der Waals surface area contributed by atoms with Crippen molar-refractivity contribution < 1.29 is 0 Å². The number of rotatable bonds is 4. The van der Waals surface area contributed by atoms with Gasteiger partial charge in [0.25, 0.3) is 0 Å². The third-order valence-corrected chi connectivity index (χ3v) is 5.93. The van der Waals surface area contributed by atoms with Gasteiger partial charge in [-0.15, -0.1) is 11.3 Å². The van der Waals surface area contributed by atoms with Gasteiger partial charge in [-0.05, 0) is 30.7 Å². The summed E-state index contributed by atoms with van der Waals surface area (Å²) >= 11 is 3.93. The molecule has 0 saturated carbocycles. The van der Waals surface area contributed by atoms with Crippen LogP contribution in [0.3, 0.4) is 0 Å². The average Bonchev–Trinajstić information content (AvgIpc) is 3.03. The summed E-state index contributed by atoms with van der Waals surface area (Å²) in [5.41, 5.74) is 7.88. The summed E-state index contributed by atoms with van der Waals surface area (Å²) in [6, 6.07) is 2.39. The molecule has 0 radical (unpaired) electrons. The molecule has 3 rings (SSSR count). The standard InChI is InChI=1S/C14H19N3S2/c1-2-17-5-4-16-14(17)8-11(15)13-7-10-9-18-6-3-12(10)19-13/h4-5,7,11H,2-3,6,8-9,15H2,1H3. The van der Waals surface area contributed by atoms with Gasteiger partial charge < -0.3 is 10.3 Å². The zero-order chi connectivity index (χ0) is 13.2. The van der Waals surface area contributed by atoms with E-state index in [9.17, 15) is 0 Å². The SMILES string of the molecule is CCn1ccnc1CC(N)c1cc2c(s1)CCSC2. The number of aryl methyl sites for hydroxylation is 2. The quantitative estimate of drug-likeness (QED) is 0.942. The van der Waals surface area contributed by atoms with Crippen LogP contribution in [0.5, 0.6) is 0 Å². The number of imidazole rings is 1. The Kier molecular flexibility index (Phi) is 3.96. The number of hydrogen-bond acceptors (Lipinski definition) is 4. The molecule has 3 nitrogen and oxygen atoms in total. The van der Waals surface area contributed by atoms with Gasteiger partial charge in [-0.1, -0.05) is 0 Å². The molecule has 1 aliphatic rings. The maximum atomic E-state index is 6.37. The van der Waals surface area contributed by atoms with E-state index in [2.05, 4.69) is 22.5 Å². The van der Waals surface area contributed by atoms with Crippen LogP contribution in [-0.2, 0) is 25.1 Å². The van der Waals surface area contributed by atoms with Crippen LogP contribution in [0, 0.1) is 0 Å². The minimum atomic E-state index is 0.0771. The zero-order valence-electron chi connectivity index (χ0n) is 11.1. The van der Waals surface area contributed by atoms with E-state index in [1.807, 2.05) is 35.5 Å². The van der Waals surface area contributed by atoms with E-state index in [0.717, 1.165) is 24.5 Å². The molecule has 0 aromatic carbocycles. The number of thiophene rings is 1. The van der Waals surface area contributed by atoms with Crippen molar-refractivity contribution in [2.24, 2.45) is 5.73 Å². The van der Waals surface area contributed by atoms with Gasteiger partial charge in [0, 0.05) is 46.9 Å². The summed E-state index contributed by atoms with van der Waals surface area (Å²) in [4.78, 5) is 7.28. The van der Waals surface area contributed by atoms with Crippen molar-refractivity contribution in [2.75, 3.05) is 5.75 Å². The Morgan fingerprint density at radius 3 is 3.21 bits per heavy atom. The number of nitrogens with zero attached hydrogens (tertiary/aromatic N) is 2. The fraction of sp³-hybridized carbons (Fsp3) is 0.500. The van der Waals surface area contributed by atoms with E-state index in [1.165, 1.54) is 22.6 Å². The Morgan fingerprint density at radius 1 is 1.53 bits per heavy atom. The van der Waals surface area contributed by atoms with Gasteiger partial charge >= 0.3 is 0 Å². The highest BCUT2D eigenvalue weighted by Crippen LogP contribution is 2.34. The first-order chi connectivity index (χ1) is 9.28. The second kappa shape index (κ2) is 5.69. The first-order valence-electron chi connectivity index (χ1n) is 6.72. The number of hydrogen-bond donors (Lipinski definition) is 1. The molecule has 19 heavy (non-hydrogen) atoms. The first kappa shape index (κ1) is 13.2. The second-order valence-electron chi connectivity index (χ2n) is 4.84. The van der Waals surface area contributed by atoms with Crippen LogP contribution < -0.4 is 5.73 Å². The number of fused-ring (bicyclic) bond motifs is 1. The molecular weight excluding hydrogens is 274 g/mol. The predicted molar refractivity (Wildman–Crippen MR) is 82.7 cm³/mol. The normalized spacial score (nSPS) is 16.3. The van der Waals surface area contributed by atoms with E-state index in [-0.39, 0.29) is 6.04 Å². The molecule has 5 heteroatoms. The van der Waals surface area contributed by atoms with Crippen LogP contribution in [0.15, 0.2) is 18.5 Å². The summed E-state index contributed by atoms with van der Waals surface area (Å²) < 4.78 is 2.17. The van der Waals surface area contributed by atoms with Crippen LogP contribution in [0.2, 0.25) is 0 Å². The predicted octanol–water partition coefficient (Wildman–Crippen LogP) is 3.00. The Labute approximate surface area is 122 Å². The van der Waals surface area contributed by atoms with Crippen LogP contribution in [-0.4, -0.2) is 15.3 Å². The van der Waals surface area contributed by atoms with Crippen LogP contribution >= 0.6 is 23.1 Å². The van der Waals surface area contributed by atoms with Crippen molar-refractivity contribution in [1.29, 1.82) is 0 Å². The lowest BCUT2D eigenvalue weighted by Gasteiger charge is -2.10. The molecule has 0 spiro atoms.